The molecule has 0 radical (unpaired) electrons. The zero-order valence-corrected chi connectivity index (χ0v) is 17.9. The highest BCUT2D eigenvalue weighted by atomic mass is 19.1. The van der Waals surface area contributed by atoms with Crippen LogP contribution in [0.1, 0.15) is 24.8 Å². The molecule has 0 spiro atoms. The van der Waals surface area contributed by atoms with E-state index in [-0.39, 0.29) is 5.82 Å². The Hall–Kier alpha value is -2.92. The van der Waals surface area contributed by atoms with E-state index in [1.807, 2.05) is 18.3 Å². The van der Waals surface area contributed by atoms with Crippen molar-refractivity contribution in [1.29, 1.82) is 0 Å². The van der Waals surface area contributed by atoms with E-state index in [9.17, 15) is 4.39 Å². The lowest BCUT2D eigenvalue weighted by Crippen LogP contribution is -2.24. The lowest BCUT2D eigenvalue weighted by molar-refractivity contribution is 0.318. The number of hydrogen-bond acceptors (Lipinski definition) is 3. The van der Waals surface area contributed by atoms with E-state index >= 15 is 0 Å². The van der Waals surface area contributed by atoms with Crippen LogP contribution in [0.2, 0.25) is 0 Å². The second kappa shape index (κ2) is 9.06. The first kappa shape index (κ1) is 20.0. The molecule has 0 unspecified atom stereocenters. The average Bonchev–Trinajstić information content (AvgIpc) is 3.47. The number of aromatic nitrogens is 2. The van der Waals surface area contributed by atoms with Crippen molar-refractivity contribution < 1.29 is 4.39 Å². The Balaban J connectivity index is 1.19. The highest BCUT2D eigenvalue weighted by Crippen LogP contribution is 2.25. The first-order valence-electron chi connectivity index (χ1n) is 11.3. The summed E-state index contributed by atoms with van der Waals surface area (Å²) < 4.78 is 15.2. The van der Waals surface area contributed by atoms with Gasteiger partial charge in [-0.3, -0.25) is 4.68 Å². The number of rotatable bonds is 7. The van der Waals surface area contributed by atoms with E-state index in [1.54, 1.807) is 0 Å². The van der Waals surface area contributed by atoms with Crippen LogP contribution in [0.4, 0.5) is 10.1 Å². The second-order valence-corrected chi connectivity index (χ2v) is 8.53. The van der Waals surface area contributed by atoms with E-state index in [0.717, 1.165) is 32.5 Å². The molecule has 160 valence electrons. The second-order valence-electron chi connectivity index (χ2n) is 8.53. The molecule has 5 heteroatoms. The third-order valence-electron chi connectivity index (χ3n) is 6.42. The van der Waals surface area contributed by atoms with Gasteiger partial charge in [-0.25, -0.2) is 4.39 Å². The summed E-state index contributed by atoms with van der Waals surface area (Å²) in [6.07, 6.45) is 13.2. The standard InChI is InChI=1S/C26H29FN4/c27-24-7-5-21(6-8-24)3-4-22-11-15-30(16-12-22)25-9-10-26-23(19-25)20-28-31(26)18-17-29-13-1-2-14-29/h5-12,15,19-20H,1-4,13-14,16-18H2. The van der Waals surface area contributed by atoms with Crippen LogP contribution in [-0.2, 0) is 13.0 Å². The van der Waals surface area contributed by atoms with Crippen LogP contribution >= 0.6 is 0 Å². The molecule has 0 bridgehead atoms. The minimum absolute atomic E-state index is 0.176. The molecule has 2 aliphatic rings. The fraction of sp³-hybridized carbons (Fsp3) is 0.346. The largest absolute Gasteiger partial charge is 0.344 e. The van der Waals surface area contributed by atoms with Gasteiger partial charge in [-0.1, -0.05) is 18.2 Å². The molecule has 31 heavy (non-hydrogen) atoms. The first-order valence-corrected chi connectivity index (χ1v) is 11.3. The summed E-state index contributed by atoms with van der Waals surface area (Å²) in [6.45, 7) is 5.35. The minimum Gasteiger partial charge on any atom is -0.344 e. The molecule has 0 N–H and O–H groups in total. The Morgan fingerprint density at radius 3 is 2.55 bits per heavy atom. The van der Waals surface area contributed by atoms with Crippen LogP contribution in [0.15, 0.2) is 72.6 Å². The summed E-state index contributed by atoms with van der Waals surface area (Å²) in [7, 11) is 0. The molecule has 4 nitrogen and oxygen atoms in total. The third kappa shape index (κ3) is 4.72. The van der Waals surface area contributed by atoms with E-state index in [1.165, 1.54) is 65.8 Å². The van der Waals surface area contributed by atoms with Crippen LogP contribution in [0.25, 0.3) is 10.9 Å². The topological polar surface area (TPSA) is 24.3 Å². The molecular weight excluding hydrogens is 387 g/mol. The van der Waals surface area contributed by atoms with Crippen LogP contribution in [0, 0.1) is 5.82 Å². The van der Waals surface area contributed by atoms with Crippen molar-refractivity contribution in [2.24, 2.45) is 0 Å². The fourth-order valence-corrected chi connectivity index (χ4v) is 4.52. The van der Waals surface area contributed by atoms with Crippen molar-refractivity contribution in [3.8, 4) is 0 Å². The number of likely N-dealkylation sites (tertiary alicyclic amines) is 1. The maximum Gasteiger partial charge on any atom is 0.123 e. The summed E-state index contributed by atoms with van der Waals surface area (Å²) in [5.74, 6) is -0.176. The smallest absolute Gasteiger partial charge is 0.123 e. The van der Waals surface area contributed by atoms with Gasteiger partial charge in [-0.05, 0) is 86.3 Å². The predicted molar refractivity (Wildman–Crippen MR) is 125 cm³/mol. The fourth-order valence-electron chi connectivity index (χ4n) is 4.52. The summed E-state index contributed by atoms with van der Waals surface area (Å²) in [5.41, 5.74) is 4.90. The van der Waals surface area contributed by atoms with Gasteiger partial charge in [0, 0.05) is 30.4 Å². The molecule has 0 amide bonds. The highest BCUT2D eigenvalue weighted by molar-refractivity contribution is 5.83. The Morgan fingerprint density at radius 1 is 0.935 bits per heavy atom. The van der Waals surface area contributed by atoms with Gasteiger partial charge in [0.25, 0.3) is 0 Å². The molecule has 0 aliphatic carbocycles. The number of aryl methyl sites for hydroxylation is 1. The Labute approximate surface area is 183 Å². The average molecular weight is 417 g/mol. The first-order chi connectivity index (χ1) is 15.2. The lowest BCUT2D eigenvalue weighted by Gasteiger charge is -2.23. The van der Waals surface area contributed by atoms with Crippen LogP contribution in [0.5, 0.6) is 0 Å². The van der Waals surface area contributed by atoms with Gasteiger partial charge >= 0.3 is 0 Å². The Morgan fingerprint density at radius 2 is 1.77 bits per heavy atom. The SMILES string of the molecule is Fc1ccc(CCC2=CCN(c3ccc4c(cnn4CCN4CCCC4)c3)C=C2)cc1. The molecule has 0 saturated carbocycles. The van der Waals surface area contributed by atoms with E-state index in [2.05, 4.69) is 56.1 Å². The third-order valence-corrected chi connectivity index (χ3v) is 6.42. The van der Waals surface area contributed by atoms with Crippen LogP contribution in [-0.4, -0.2) is 40.9 Å². The predicted octanol–water partition coefficient (Wildman–Crippen LogP) is 5.16. The summed E-state index contributed by atoms with van der Waals surface area (Å²) >= 11 is 0. The molecule has 0 atom stereocenters. The zero-order valence-electron chi connectivity index (χ0n) is 17.9. The van der Waals surface area contributed by atoms with Crippen molar-refractivity contribution in [1.82, 2.24) is 14.7 Å². The van der Waals surface area contributed by atoms with Crippen molar-refractivity contribution in [2.75, 3.05) is 31.1 Å². The number of fused-ring (bicyclic) bond motifs is 1. The maximum atomic E-state index is 13.1. The molecule has 1 saturated heterocycles. The van der Waals surface area contributed by atoms with Crippen LogP contribution in [0.3, 0.4) is 0 Å². The van der Waals surface area contributed by atoms with Crippen molar-refractivity contribution >= 4 is 16.6 Å². The number of anilines is 1. The molecule has 1 aromatic heterocycles. The van der Waals surface area contributed by atoms with Gasteiger partial charge in [0.05, 0.1) is 18.3 Å². The number of benzene rings is 2. The molecule has 2 aromatic carbocycles. The summed E-state index contributed by atoms with van der Waals surface area (Å²) in [5, 5.41) is 5.82. The van der Waals surface area contributed by atoms with Crippen molar-refractivity contribution in [3.63, 3.8) is 0 Å². The van der Waals surface area contributed by atoms with E-state index < -0.39 is 0 Å². The number of allylic oxidation sites excluding steroid dienone is 2. The molecule has 1 fully saturated rings. The maximum absolute atomic E-state index is 13.1. The number of halogens is 1. The van der Waals surface area contributed by atoms with Crippen molar-refractivity contribution in [2.45, 2.75) is 32.2 Å². The monoisotopic (exact) mass is 416 g/mol. The van der Waals surface area contributed by atoms with Gasteiger partial charge in [-0.15, -0.1) is 0 Å². The number of nitrogens with zero attached hydrogens (tertiary/aromatic N) is 4. The van der Waals surface area contributed by atoms with Gasteiger partial charge < -0.3 is 9.80 Å². The van der Waals surface area contributed by atoms with Gasteiger partial charge in [0.2, 0.25) is 0 Å². The van der Waals surface area contributed by atoms with Gasteiger partial charge in [-0.2, -0.15) is 5.10 Å². The Bertz CT molecular complexity index is 1090. The van der Waals surface area contributed by atoms with Gasteiger partial charge in [0.1, 0.15) is 5.82 Å². The van der Waals surface area contributed by atoms with E-state index in [4.69, 9.17) is 0 Å². The normalized spacial score (nSPS) is 16.9. The minimum atomic E-state index is -0.176. The molecular formula is C26H29FN4. The Kier molecular flexibility index (Phi) is 5.85. The molecule has 3 heterocycles. The molecule has 3 aromatic rings. The summed E-state index contributed by atoms with van der Waals surface area (Å²) in [4.78, 5) is 4.79. The highest BCUT2D eigenvalue weighted by Gasteiger charge is 2.13. The van der Waals surface area contributed by atoms with Gasteiger partial charge in [0.15, 0.2) is 0 Å². The molecule has 2 aliphatic heterocycles. The van der Waals surface area contributed by atoms with Crippen LogP contribution < -0.4 is 4.90 Å². The summed E-state index contributed by atoms with van der Waals surface area (Å²) in [6, 6.07) is 13.4. The number of hydrogen-bond donors (Lipinski definition) is 0. The van der Waals surface area contributed by atoms with E-state index in [0.29, 0.717) is 0 Å². The molecule has 5 rings (SSSR count). The quantitative estimate of drug-likeness (QED) is 0.531. The lowest BCUT2D eigenvalue weighted by atomic mass is 10.0. The van der Waals surface area contributed by atoms with Crippen molar-refractivity contribution in [3.05, 3.63) is 84.0 Å². The zero-order chi connectivity index (χ0) is 21.0.